The van der Waals surface area contributed by atoms with E-state index in [0.29, 0.717) is 12.1 Å². The van der Waals surface area contributed by atoms with E-state index in [0.717, 1.165) is 6.07 Å². The fourth-order valence-electron chi connectivity index (χ4n) is 3.01. The third kappa shape index (κ3) is 4.09. The summed E-state index contributed by atoms with van der Waals surface area (Å²) >= 11 is 0. The molecule has 2 aromatic rings. The average Bonchev–Trinajstić information content (AvgIpc) is 2.61. The van der Waals surface area contributed by atoms with Crippen molar-refractivity contribution in [1.82, 2.24) is 14.9 Å². The molecule has 156 valence electrons. The summed E-state index contributed by atoms with van der Waals surface area (Å²) in [6.45, 7) is 3.15. The molecule has 0 radical (unpaired) electrons. The van der Waals surface area contributed by atoms with E-state index >= 15 is 0 Å². The molecule has 1 aromatic carbocycles. The first-order valence-electron chi connectivity index (χ1n) is 8.53. The molecule has 1 amide bonds. The van der Waals surface area contributed by atoms with Gasteiger partial charge in [-0.15, -0.1) is 0 Å². The molecule has 11 heteroatoms. The molecule has 0 saturated carbocycles. The number of fused-ring (bicyclic) bond motifs is 1. The largest absolute Gasteiger partial charge is 0.501 e. The Bertz CT molecular complexity index is 1030. The van der Waals surface area contributed by atoms with Crippen molar-refractivity contribution in [2.24, 2.45) is 0 Å². The third-order valence-electron chi connectivity index (χ3n) is 4.41. The number of aromatic nitrogens is 2. The van der Waals surface area contributed by atoms with Gasteiger partial charge in [0.1, 0.15) is 17.2 Å². The quantitative estimate of drug-likeness (QED) is 0.751. The van der Waals surface area contributed by atoms with E-state index in [9.17, 15) is 32.3 Å². The van der Waals surface area contributed by atoms with Crippen molar-refractivity contribution in [3.05, 3.63) is 57.0 Å². The SMILES string of the molecule is CC1(C)OCCn2c1nc(C(=O)NCc1cc(F)cc(C(F)(F)F)c1)c(O)c2=O. The maximum absolute atomic E-state index is 13.5. The Morgan fingerprint density at radius 1 is 1.34 bits per heavy atom. The summed E-state index contributed by atoms with van der Waals surface area (Å²) in [6, 6.07) is 1.86. The maximum Gasteiger partial charge on any atom is 0.416 e. The van der Waals surface area contributed by atoms with Crippen LogP contribution in [0.2, 0.25) is 0 Å². The monoisotopic (exact) mass is 415 g/mol. The number of nitrogens with zero attached hydrogens (tertiary/aromatic N) is 2. The Kier molecular flexibility index (Phi) is 5.11. The molecular formula is C18H17F4N3O4. The predicted molar refractivity (Wildman–Crippen MR) is 91.7 cm³/mol. The van der Waals surface area contributed by atoms with Gasteiger partial charge in [0.25, 0.3) is 11.5 Å². The number of carbonyl (C=O) groups is 1. The standard InChI is InChI=1S/C18H17F4N3O4/c1-17(2)16-24-12(13(26)15(28)25(16)3-4-29-17)14(27)23-8-9-5-10(18(20,21)22)7-11(19)6-9/h5-7,26H,3-4,8H2,1-2H3,(H,23,27). The zero-order valence-electron chi connectivity index (χ0n) is 15.4. The van der Waals surface area contributed by atoms with Crippen LogP contribution in [0.1, 0.15) is 41.3 Å². The highest BCUT2D eigenvalue weighted by atomic mass is 19.4. The normalized spacial score (nSPS) is 15.7. The van der Waals surface area contributed by atoms with Gasteiger partial charge in [-0.1, -0.05) is 0 Å². The molecule has 0 spiro atoms. The first kappa shape index (κ1) is 20.8. The van der Waals surface area contributed by atoms with Crippen LogP contribution in [-0.2, 0) is 29.6 Å². The zero-order valence-corrected chi connectivity index (χ0v) is 15.4. The highest BCUT2D eigenvalue weighted by molar-refractivity contribution is 5.94. The number of nitrogens with one attached hydrogen (secondary N) is 1. The summed E-state index contributed by atoms with van der Waals surface area (Å²) in [7, 11) is 0. The zero-order chi connectivity index (χ0) is 21.6. The molecule has 0 fully saturated rings. The number of halogens is 4. The highest BCUT2D eigenvalue weighted by Gasteiger charge is 2.34. The van der Waals surface area contributed by atoms with Crippen molar-refractivity contribution in [2.45, 2.75) is 38.7 Å². The van der Waals surface area contributed by atoms with Crippen LogP contribution in [0.5, 0.6) is 5.75 Å². The Morgan fingerprint density at radius 2 is 2.03 bits per heavy atom. The van der Waals surface area contributed by atoms with Gasteiger partial charge < -0.3 is 15.2 Å². The number of benzene rings is 1. The van der Waals surface area contributed by atoms with Crippen LogP contribution in [0.15, 0.2) is 23.0 Å². The lowest BCUT2D eigenvalue weighted by Gasteiger charge is -2.32. The van der Waals surface area contributed by atoms with E-state index in [-0.39, 0.29) is 24.5 Å². The first-order chi connectivity index (χ1) is 13.4. The molecule has 1 aliphatic rings. The molecule has 2 heterocycles. The van der Waals surface area contributed by atoms with Gasteiger partial charge in [0, 0.05) is 6.54 Å². The lowest BCUT2D eigenvalue weighted by Crippen LogP contribution is -2.42. The van der Waals surface area contributed by atoms with Crippen LogP contribution in [-0.4, -0.2) is 27.2 Å². The summed E-state index contributed by atoms with van der Waals surface area (Å²) in [5.74, 6) is -2.88. The number of alkyl halides is 3. The lowest BCUT2D eigenvalue weighted by molar-refractivity contribution is -0.137. The Hall–Kier alpha value is -2.95. The molecule has 0 aliphatic carbocycles. The molecular weight excluding hydrogens is 398 g/mol. The molecule has 0 unspecified atom stereocenters. The average molecular weight is 415 g/mol. The fourth-order valence-corrected chi connectivity index (χ4v) is 3.01. The van der Waals surface area contributed by atoms with Gasteiger partial charge in [-0.3, -0.25) is 14.2 Å². The van der Waals surface area contributed by atoms with Crippen LogP contribution in [0.25, 0.3) is 0 Å². The van der Waals surface area contributed by atoms with E-state index in [1.165, 1.54) is 4.57 Å². The molecule has 0 bridgehead atoms. The van der Waals surface area contributed by atoms with Gasteiger partial charge in [0.2, 0.25) is 5.75 Å². The van der Waals surface area contributed by atoms with Crippen LogP contribution < -0.4 is 10.9 Å². The topological polar surface area (TPSA) is 93.5 Å². The maximum atomic E-state index is 13.5. The fraction of sp³-hybridized carbons (Fsp3) is 0.389. The molecule has 1 aromatic heterocycles. The first-order valence-corrected chi connectivity index (χ1v) is 8.53. The number of hydrogen-bond donors (Lipinski definition) is 2. The molecule has 1 aliphatic heterocycles. The smallest absolute Gasteiger partial charge is 0.416 e. The second-order valence-corrected chi connectivity index (χ2v) is 6.98. The van der Waals surface area contributed by atoms with Crippen molar-refractivity contribution in [1.29, 1.82) is 0 Å². The van der Waals surface area contributed by atoms with Crippen molar-refractivity contribution < 1.29 is 32.2 Å². The summed E-state index contributed by atoms with van der Waals surface area (Å²) in [4.78, 5) is 28.8. The third-order valence-corrected chi connectivity index (χ3v) is 4.41. The van der Waals surface area contributed by atoms with Crippen LogP contribution in [0, 0.1) is 5.82 Å². The van der Waals surface area contributed by atoms with E-state index < -0.39 is 52.6 Å². The van der Waals surface area contributed by atoms with Gasteiger partial charge >= 0.3 is 6.18 Å². The van der Waals surface area contributed by atoms with Crippen LogP contribution in [0.3, 0.4) is 0 Å². The van der Waals surface area contributed by atoms with E-state index in [1.807, 2.05) is 0 Å². The molecule has 0 atom stereocenters. The Balaban J connectivity index is 1.88. The molecule has 2 N–H and O–H groups in total. The van der Waals surface area contributed by atoms with Gasteiger partial charge in [-0.25, -0.2) is 9.37 Å². The number of carbonyl (C=O) groups excluding carboxylic acids is 1. The summed E-state index contributed by atoms with van der Waals surface area (Å²) < 4.78 is 58.6. The van der Waals surface area contributed by atoms with Gasteiger partial charge in [-0.2, -0.15) is 13.2 Å². The van der Waals surface area contributed by atoms with Gasteiger partial charge in [-0.05, 0) is 37.6 Å². The summed E-state index contributed by atoms with van der Waals surface area (Å²) in [5, 5.41) is 12.3. The number of hydrogen-bond acceptors (Lipinski definition) is 5. The van der Waals surface area contributed by atoms with Gasteiger partial charge in [0.15, 0.2) is 5.69 Å². The number of aromatic hydroxyl groups is 1. The minimum Gasteiger partial charge on any atom is -0.501 e. The highest BCUT2D eigenvalue weighted by Crippen LogP contribution is 2.30. The Morgan fingerprint density at radius 3 is 2.69 bits per heavy atom. The number of rotatable bonds is 3. The van der Waals surface area contributed by atoms with E-state index in [4.69, 9.17) is 4.74 Å². The molecule has 0 saturated heterocycles. The molecule has 3 rings (SSSR count). The summed E-state index contributed by atoms with van der Waals surface area (Å²) in [5.41, 5.74) is -3.77. The number of amides is 1. The minimum atomic E-state index is -4.75. The van der Waals surface area contributed by atoms with Crippen LogP contribution in [0.4, 0.5) is 17.6 Å². The van der Waals surface area contributed by atoms with Crippen molar-refractivity contribution in [3.8, 4) is 5.75 Å². The molecule has 29 heavy (non-hydrogen) atoms. The second kappa shape index (κ2) is 7.14. The van der Waals surface area contributed by atoms with Crippen molar-refractivity contribution in [3.63, 3.8) is 0 Å². The number of ether oxygens (including phenoxy) is 1. The van der Waals surface area contributed by atoms with E-state index in [1.54, 1.807) is 13.8 Å². The van der Waals surface area contributed by atoms with Gasteiger partial charge in [0.05, 0.1) is 18.7 Å². The van der Waals surface area contributed by atoms with Crippen molar-refractivity contribution >= 4 is 5.91 Å². The Labute approximate surface area is 161 Å². The lowest BCUT2D eigenvalue weighted by atomic mass is 10.1. The van der Waals surface area contributed by atoms with Crippen molar-refractivity contribution in [2.75, 3.05) is 6.61 Å². The van der Waals surface area contributed by atoms with E-state index in [2.05, 4.69) is 10.3 Å². The second-order valence-electron chi connectivity index (χ2n) is 6.98. The predicted octanol–water partition coefficient (Wildman–Crippen LogP) is 2.30. The summed E-state index contributed by atoms with van der Waals surface area (Å²) in [6.07, 6.45) is -4.75. The van der Waals surface area contributed by atoms with Crippen LogP contribution >= 0.6 is 0 Å². The molecule has 7 nitrogen and oxygen atoms in total. The minimum absolute atomic E-state index is 0.127.